The van der Waals surface area contributed by atoms with Crippen molar-refractivity contribution in [2.75, 3.05) is 5.32 Å². The van der Waals surface area contributed by atoms with Crippen molar-refractivity contribution >= 4 is 18.2 Å². The molecule has 92 valence electrons. The van der Waals surface area contributed by atoms with Gasteiger partial charge in [-0.15, -0.1) is 12.4 Å². The lowest BCUT2D eigenvalue weighted by Crippen LogP contribution is -2.04. The van der Waals surface area contributed by atoms with Crippen LogP contribution >= 0.6 is 12.4 Å². The number of nitrogens with zero attached hydrogens (tertiary/aromatic N) is 2. The van der Waals surface area contributed by atoms with Gasteiger partial charge in [-0.2, -0.15) is 5.10 Å². The van der Waals surface area contributed by atoms with Gasteiger partial charge in [-0.05, 0) is 6.07 Å². The van der Waals surface area contributed by atoms with E-state index in [-0.39, 0.29) is 24.5 Å². The number of rotatable bonds is 3. The Morgan fingerprint density at radius 2 is 2.06 bits per heavy atom. The third kappa shape index (κ3) is 3.17. The topological polar surface area (TPSA) is 29.9 Å². The molecule has 0 saturated heterocycles. The highest BCUT2D eigenvalue weighted by Gasteiger charge is 2.07. The van der Waals surface area contributed by atoms with E-state index in [0.717, 1.165) is 6.07 Å². The lowest BCUT2D eigenvalue weighted by Gasteiger charge is -2.04. The van der Waals surface area contributed by atoms with Crippen LogP contribution in [0.4, 0.5) is 14.6 Å². The SMILES string of the molecule is Cl.Cn1ccc(NCc2cccc(F)c2F)n1. The van der Waals surface area contributed by atoms with Gasteiger partial charge >= 0.3 is 0 Å². The van der Waals surface area contributed by atoms with Gasteiger partial charge in [0.05, 0.1) is 0 Å². The van der Waals surface area contributed by atoms with Crippen molar-refractivity contribution in [1.82, 2.24) is 9.78 Å². The lowest BCUT2D eigenvalue weighted by atomic mass is 10.2. The summed E-state index contributed by atoms with van der Waals surface area (Å²) in [5, 5.41) is 6.98. The van der Waals surface area contributed by atoms with Gasteiger partial charge in [0.25, 0.3) is 0 Å². The standard InChI is InChI=1S/C11H11F2N3.ClH/c1-16-6-5-10(15-16)14-7-8-3-2-4-9(12)11(8)13;/h2-6H,7H2,1H3,(H,14,15);1H. The number of hydrogen-bond acceptors (Lipinski definition) is 2. The molecule has 3 nitrogen and oxygen atoms in total. The molecule has 2 rings (SSSR count). The first-order chi connectivity index (χ1) is 7.66. The molecule has 0 radical (unpaired) electrons. The van der Waals surface area contributed by atoms with Crippen LogP contribution in [0.1, 0.15) is 5.56 Å². The smallest absolute Gasteiger partial charge is 0.163 e. The Hall–Kier alpha value is -1.62. The van der Waals surface area contributed by atoms with Crippen molar-refractivity contribution in [2.45, 2.75) is 6.54 Å². The zero-order chi connectivity index (χ0) is 11.5. The van der Waals surface area contributed by atoms with Crippen LogP contribution in [0.25, 0.3) is 0 Å². The molecule has 0 unspecified atom stereocenters. The van der Waals surface area contributed by atoms with Gasteiger partial charge in [0.1, 0.15) is 5.82 Å². The van der Waals surface area contributed by atoms with E-state index in [1.165, 1.54) is 12.1 Å². The van der Waals surface area contributed by atoms with Crippen molar-refractivity contribution in [3.63, 3.8) is 0 Å². The fourth-order valence-electron chi connectivity index (χ4n) is 1.38. The van der Waals surface area contributed by atoms with Gasteiger partial charge in [0, 0.05) is 31.4 Å². The van der Waals surface area contributed by atoms with Gasteiger partial charge in [0.15, 0.2) is 11.6 Å². The summed E-state index contributed by atoms with van der Waals surface area (Å²) in [6.07, 6.45) is 1.77. The second-order valence-electron chi connectivity index (χ2n) is 3.44. The molecule has 0 amide bonds. The molecular weight excluding hydrogens is 248 g/mol. The van der Waals surface area contributed by atoms with Crippen LogP contribution in [0.5, 0.6) is 0 Å². The number of aromatic nitrogens is 2. The fourth-order valence-corrected chi connectivity index (χ4v) is 1.38. The molecule has 6 heteroatoms. The fraction of sp³-hybridized carbons (Fsp3) is 0.182. The maximum atomic E-state index is 13.3. The monoisotopic (exact) mass is 259 g/mol. The predicted molar refractivity (Wildman–Crippen MR) is 64.1 cm³/mol. The van der Waals surface area contributed by atoms with Crippen LogP contribution in [0.2, 0.25) is 0 Å². The molecule has 0 aliphatic carbocycles. The molecule has 2 aromatic rings. The van der Waals surface area contributed by atoms with E-state index in [9.17, 15) is 8.78 Å². The Labute approximate surface area is 104 Å². The molecule has 1 aromatic heterocycles. The predicted octanol–water partition coefficient (Wildman–Crippen LogP) is 2.73. The van der Waals surface area contributed by atoms with Crippen molar-refractivity contribution < 1.29 is 8.78 Å². The summed E-state index contributed by atoms with van der Waals surface area (Å²) in [5.41, 5.74) is 0.283. The normalized spacial score (nSPS) is 9.82. The third-order valence-electron chi connectivity index (χ3n) is 2.21. The van der Waals surface area contributed by atoms with Gasteiger partial charge in [-0.1, -0.05) is 12.1 Å². The molecule has 1 N–H and O–H groups in total. The van der Waals surface area contributed by atoms with Crippen molar-refractivity contribution in [1.29, 1.82) is 0 Å². The first-order valence-electron chi connectivity index (χ1n) is 4.83. The summed E-state index contributed by atoms with van der Waals surface area (Å²) in [5.74, 6) is -1.02. The molecule has 0 atom stereocenters. The molecule has 17 heavy (non-hydrogen) atoms. The van der Waals surface area contributed by atoms with E-state index in [1.54, 1.807) is 24.0 Å². The van der Waals surface area contributed by atoms with Crippen LogP contribution in [0.15, 0.2) is 30.5 Å². The number of aryl methyl sites for hydroxylation is 1. The van der Waals surface area contributed by atoms with Crippen LogP contribution < -0.4 is 5.32 Å². The highest BCUT2D eigenvalue weighted by Crippen LogP contribution is 2.13. The highest BCUT2D eigenvalue weighted by molar-refractivity contribution is 5.85. The van der Waals surface area contributed by atoms with E-state index >= 15 is 0 Å². The maximum Gasteiger partial charge on any atom is 0.163 e. The highest BCUT2D eigenvalue weighted by atomic mass is 35.5. The van der Waals surface area contributed by atoms with Crippen LogP contribution in [-0.4, -0.2) is 9.78 Å². The molecule has 0 spiro atoms. The molecule has 1 aromatic carbocycles. The summed E-state index contributed by atoms with van der Waals surface area (Å²) in [7, 11) is 1.79. The van der Waals surface area contributed by atoms with Crippen LogP contribution in [0.3, 0.4) is 0 Å². The van der Waals surface area contributed by atoms with Gasteiger partial charge in [-0.3, -0.25) is 4.68 Å². The number of anilines is 1. The van der Waals surface area contributed by atoms with Crippen molar-refractivity contribution in [3.8, 4) is 0 Å². The zero-order valence-electron chi connectivity index (χ0n) is 9.15. The van der Waals surface area contributed by atoms with Gasteiger partial charge < -0.3 is 5.32 Å². The number of benzene rings is 1. The summed E-state index contributed by atoms with van der Waals surface area (Å²) >= 11 is 0. The Kier molecular flexibility index (Phi) is 4.45. The average Bonchev–Trinajstić information content (AvgIpc) is 2.67. The maximum absolute atomic E-state index is 13.3. The Balaban J connectivity index is 0.00000144. The molecule has 0 fully saturated rings. The first kappa shape index (κ1) is 13.4. The van der Waals surface area contributed by atoms with E-state index in [1.807, 2.05) is 0 Å². The summed E-state index contributed by atoms with van der Waals surface area (Å²) in [4.78, 5) is 0. The second kappa shape index (κ2) is 5.63. The van der Waals surface area contributed by atoms with Crippen molar-refractivity contribution in [3.05, 3.63) is 47.7 Å². The molecule has 0 aliphatic rings. The van der Waals surface area contributed by atoms with Gasteiger partial charge in [0.2, 0.25) is 0 Å². The van der Waals surface area contributed by atoms with Crippen LogP contribution in [-0.2, 0) is 13.6 Å². The minimum Gasteiger partial charge on any atom is -0.364 e. The molecule has 1 heterocycles. The Morgan fingerprint density at radius 3 is 2.71 bits per heavy atom. The molecule has 0 saturated carbocycles. The average molecular weight is 260 g/mol. The Bertz CT molecular complexity index is 499. The zero-order valence-corrected chi connectivity index (χ0v) is 9.97. The Morgan fingerprint density at radius 1 is 1.29 bits per heavy atom. The largest absolute Gasteiger partial charge is 0.364 e. The summed E-state index contributed by atoms with van der Waals surface area (Å²) in [6.45, 7) is 0.209. The molecular formula is C11H12ClF2N3. The van der Waals surface area contributed by atoms with Gasteiger partial charge in [-0.25, -0.2) is 8.78 Å². The third-order valence-corrected chi connectivity index (χ3v) is 2.21. The van der Waals surface area contributed by atoms with Crippen LogP contribution in [0, 0.1) is 11.6 Å². The second-order valence-corrected chi connectivity index (χ2v) is 3.44. The number of hydrogen-bond donors (Lipinski definition) is 1. The van der Waals surface area contributed by atoms with E-state index in [4.69, 9.17) is 0 Å². The quantitative estimate of drug-likeness (QED) is 0.919. The van der Waals surface area contributed by atoms with E-state index < -0.39 is 11.6 Å². The van der Waals surface area contributed by atoms with E-state index in [0.29, 0.717) is 5.82 Å². The minimum atomic E-state index is -0.833. The van der Waals surface area contributed by atoms with Crippen molar-refractivity contribution in [2.24, 2.45) is 7.05 Å². The number of halogens is 3. The first-order valence-corrected chi connectivity index (χ1v) is 4.83. The summed E-state index contributed by atoms with van der Waals surface area (Å²) in [6, 6.07) is 5.87. The van der Waals surface area contributed by atoms with E-state index in [2.05, 4.69) is 10.4 Å². The number of nitrogens with one attached hydrogen (secondary N) is 1. The minimum absolute atomic E-state index is 0. The summed E-state index contributed by atoms with van der Waals surface area (Å²) < 4.78 is 27.8. The molecule has 0 bridgehead atoms. The molecule has 0 aliphatic heterocycles. The lowest BCUT2D eigenvalue weighted by molar-refractivity contribution is 0.500.